The van der Waals surface area contributed by atoms with Gasteiger partial charge in [-0.2, -0.15) is 8.42 Å². The molecule has 1 spiro atoms. The second kappa shape index (κ2) is 12.1. The number of allylic oxidation sites excluding steroid dienone is 4. The monoisotopic (exact) mass is 588 g/mol. The zero-order chi connectivity index (χ0) is 29.2. The Bertz CT molecular complexity index is 1440. The summed E-state index contributed by atoms with van der Waals surface area (Å²) >= 11 is 0.811. The van der Waals surface area contributed by atoms with Gasteiger partial charge in [-0.15, -0.1) is 11.3 Å². The van der Waals surface area contributed by atoms with Crippen LogP contribution in [0, 0.1) is 5.92 Å². The third-order valence-corrected chi connectivity index (χ3v) is 9.52. The van der Waals surface area contributed by atoms with Crippen molar-refractivity contribution in [1.29, 1.82) is 0 Å². The molecule has 0 radical (unpaired) electrons. The zero-order valence-corrected chi connectivity index (χ0v) is 25.1. The summed E-state index contributed by atoms with van der Waals surface area (Å²) in [7, 11) is -4.37. The predicted molar refractivity (Wildman–Crippen MR) is 153 cm³/mol. The topological polar surface area (TPSA) is 116 Å². The lowest BCUT2D eigenvalue weighted by Crippen LogP contribution is -2.49. The maximum Gasteiger partial charge on any atom is 0.347 e. The van der Waals surface area contributed by atoms with Crippen LogP contribution >= 0.6 is 11.3 Å². The number of carbonyl (C=O) groups excluding carboxylic acids is 1. The number of Topliss-reactive ketones (excluding diaryl/α,β-unsaturated/α-hetero) is 1. The highest BCUT2D eigenvalue weighted by Gasteiger charge is 2.46. The fourth-order valence-electron chi connectivity index (χ4n) is 5.26. The Labute approximate surface area is 239 Å². The molecule has 1 aromatic rings. The number of thiophene rings is 1. The van der Waals surface area contributed by atoms with E-state index in [9.17, 15) is 23.1 Å². The standard InChI is InChI=1S/C30H36O8S2/c1-18(2)7-6-8-19(3)11-23-12-20(4)15-30(37-23)16-22(24-14-25(31)21(5)13-26(24)38-30)17-36-40(34,35)27-9-10-39-28(27)29(32)33/h7,9-11,13,15-16,23-24,26H,6,8,12,14,17H2,1-5H3,(H,32,33)/b19-11+/t23-,24-,26-,30+/m1/s1. The molecule has 0 unspecified atom stereocenters. The largest absolute Gasteiger partial charge is 0.477 e. The van der Waals surface area contributed by atoms with Gasteiger partial charge < -0.3 is 14.6 Å². The Morgan fingerprint density at radius 3 is 2.65 bits per heavy atom. The molecule has 8 nitrogen and oxygen atoms in total. The van der Waals surface area contributed by atoms with Crippen molar-refractivity contribution in [3.8, 4) is 0 Å². The van der Waals surface area contributed by atoms with Crippen LogP contribution in [0.4, 0.5) is 0 Å². The number of carboxylic acid groups (broad SMARTS) is 1. The van der Waals surface area contributed by atoms with Crippen LogP contribution < -0.4 is 0 Å². The Morgan fingerprint density at radius 1 is 1.20 bits per heavy atom. The first-order valence-corrected chi connectivity index (χ1v) is 15.6. The molecular weight excluding hydrogens is 552 g/mol. The van der Waals surface area contributed by atoms with Gasteiger partial charge in [0.05, 0.1) is 18.8 Å². The van der Waals surface area contributed by atoms with E-state index < -0.39 is 38.8 Å². The zero-order valence-electron chi connectivity index (χ0n) is 23.4. The first-order chi connectivity index (χ1) is 18.8. The van der Waals surface area contributed by atoms with Gasteiger partial charge in [-0.05, 0) is 94.7 Å². The van der Waals surface area contributed by atoms with Gasteiger partial charge in [0.15, 0.2) is 5.78 Å². The highest BCUT2D eigenvalue weighted by molar-refractivity contribution is 7.87. The van der Waals surface area contributed by atoms with E-state index in [1.807, 2.05) is 13.0 Å². The third kappa shape index (κ3) is 6.98. The summed E-state index contributed by atoms with van der Waals surface area (Å²) in [5, 5.41) is 10.8. The Morgan fingerprint density at radius 2 is 1.95 bits per heavy atom. The van der Waals surface area contributed by atoms with Gasteiger partial charge in [0.25, 0.3) is 10.1 Å². The fraction of sp³-hybridized carbons (Fsp3) is 0.467. The Balaban J connectivity index is 1.64. The second-order valence-electron chi connectivity index (χ2n) is 10.9. The highest BCUT2D eigenvalue weighted by atomic mass is 32.2. The van der Waals surface area contributed by atoms with Gasteiger partial charge in [-0.3, -0.25) is 8.98 Å². The second-order valence-corrected chi connectivity index (χ2v) is 13.4. The van der Waals surface area contributed by atoms with E-state index in [1.54, 1.807) is 19.1 Å². The van der Waals surface area contributed by atoms with Crippen molar-refractivity contribution in [2.75, 3.05) is 6.61 Å². The normalized spacial score (nSPS) is 27.0. The number of aromatic carboxylic acids is 1. The summed E-state index contributed by atoms with van der Waals surface area (Å²) < 4.78 is 44.4. The molecule has 1 N–H and O–H groups in total. The minimum atomic E-state index is -4.37. The van der Waals surface area contributed by atoms with Gasteiger partial charge in [-0.25, -0.2) is 4.79 Å². The molecule has 0 aromatic carbocycles. The van der Waals surface area contributed by atoms with Crippen LogP contribution in [-0.4, -0.2) is 49.9 Å². The molecule has 0 fully saturated rings. The summed E-state index contributed by atoms with van der Waals surface area (Å²) in [6, 6.07) is 1.22. The maximum atomic E-state index is 13.0. The molecular formula is C30H36O8S2. The molecule has 216 valence electrons. The molecule has 40 heavy (non-hydrogen) atoms. The van der Waals surface area contributed by atoms with Crippen molar-refractivity contribution < 1.29 is 36.8 Å². The van der Waals surface area contributed by atoms with Crippen molar-refractivity contribution in [2.45, 2.75) is 83.2 Å². The van der Waals surface area contributed by atoms with E-state index in [2.05, 4.69) is 32.9 Å². The van der Waals surface area contributed by atoms with E-state index in [1.165, 1.54) is 22.6 Å². The van der Waals surface area contributed by atoms with Crippen molar-refractivity contribution in [2.24, 2.45) is 5.92 Å². The molecule has 0 saturated heterocycles. The van der Waals surface area contributed by atoms with Crippen LogP contribution in [0.1, 0.15) is 70.0 Å². The van der Waals surface area contributed by atoms with Crippen LogP contribution in [0.25, 0.3) is 0 Å². The molecule has 3 aliphatic rings. The lowest BCUT2D eigenvalue weighted by molar-refractivity contribution is -0.224. The minimum Gasteiger partial charge on any atom is -0.477 e. The summed E-state index contributed by atoms with van der Waals surface area (Å²) in [6.07, 6.45) is 11.6. The van der Waals surface area contributed by atoms with Crippen LogP contribution in [0.5, 0.6) is 0 Å². The van der Waals surface area contributed by atoms with Crippen molar-refractivity contribution >= 4 is 33.2 Å². The van der Waals surface area contributed by atoms with E-state index in [0.29, 0.717) is 17.6 Å². The van der Waals surface area contributed by atoms with Gasteiger partial charge in [0.1, 0.15) is 9.77 Å². The Kier molecular flexibility index (Phi) is 9.16. The third-order valence-electron chi connectivity index (χ3n) is 7.18. The molecule has 10 heteroatoms. The van der Waals surface area contributed by atoms with Crippen LogP contribution in [0.2, 0.25) is 0 Å². The van der Waals surface area contributed by atoms with Crippen LogP contribution in [0.3, 0.4) is 0 Å². The average Bonchev–Trinajstić information content (AvgIpc) is 3.35. The van der Waals surface area contributed by atoms with E-state index in [0.717, 1.165) is 29.8 Å². The summed E-state index contributed by atoms with van der Waals surface area (Å²) in [5.74, 6) is -3.09. The lowest BCUT2D eigenvalue weighted by atomic mass is 9.79. The molecule has 0 bridgehead atoms. The molecule has 4 atom stereocenters. The number of ether oxygens (including phenoxy) is 2. The maximum absolute atomic E-state index is 13.0. The number of carbonyl (C=O) groups is 2. The van der Waals surface area contributed by atoms with Gasteiger partial charge >= 0.3 is 5.97 Å². The number of hydrogen-bond acceptors (Lipinski definition) is 8. The summed E-state index contributed by atoms with van der Waals surface area (Å²) in [4.78, 5) is 23.4. The van der Waals surface area contributed by atoms with Gasteiger partial charge in [0, 0.05) is 12.3 Å². The number of hydrogen-bond donors (Lipinski definition) is 1. The number of rotatable bonds is 9. The molecule has 1 aromatic heterocycles. The average molecular weight is 589 g/mol. The molecule has 2 aliphatic heterocycles. The fourth-order valence-corrected chi connectivity index (χ4v) is 7.39. The number of fused-ring (bicyclic) bond motifs is 1. The van der Waals surface area contributed by atoms with Crippen LogP contribution in [0.15, 0.2) is 74.6 Å². The van der Waals surface area contributed by atoms with E-state index >= 15 is 0 Å². The number of carboxylic acids is 1. The van der Waals surface area contributed by atoms with Gasteiger partial charge in [0.2, 0.25) is 5.79 Å². The Hall–Kier alpha value is -2.63. The van der Waals surface area contributed by atoms with E-state index in [-0.39, 0.29) is 29.8 Å². The van der Waals surface area contributed by atoms with Crippen molar-refractivity contribution in [3.05, 3.63) is 74.6 Å². The van der Waals surface area contributed by atoms with Gasteiger partial charge in [-0.1, -0.05) is 28.9 Å². The molecule has 0 amide bonds. The SMILES string of the molecule is CC(C)=CCC/C(C)=C/[C@@H]1CC(C)=C[C@]2(C=C(COS(=O)(=O)c3ccsc3C(=O)O)[C@H]3CC(=O)C(C)=C[C@H]3O2)O1. The minimum absolute atomic E-state index is 0.0513. The molecule has 4 rings (SSSR count). The lowest BCUT2D eigenvalue weighted by Gasteiger charge is -2.45. The first-order valence-electron chi connectivity index (χ1n) is 13.3. The summed E-state index contributed by atoms with van der Waals surface area (Å²) in [6.45, 7) is 9.62. The predicted octanol–water partition coefficient (Wildman–Crippen LogP) is 6.14. The highest BCUT2D eigenvalue weighted by Crippen LogP contribution is 2.43. The molecule has 0 saturated carbocycles. The van der Waals surface area contributed by atoms with Crippen molar-refractivity contribution in [3.63, 3.8) is 0 Å². The van der Waals surface area contributed by atoms with Crippen LogP contribution in [-0.2, 0) is 28.6 Å². The summed E-state index contributed by atoms with van der Waals surface area (Å²) in [5.41, 5.74) is 4.67. The molecule has 1 aliphatic carbocycles. The first kappa shape index (κ1) is 30.3. The van der Waals surface area contributed by atoms with Crippen molar-refractivity contribution in [1.82, 2.24) is 0 Å². The quantitative estimate of drug-likeness (QED) is 0.270. The van der Waals surface area contributed by atoms with E-state index in [4.69, 9.17) is 13.7 Å². The number of ketones is 1. The molecule has 3 heterocycles. The smallest absolute Gasteiger partial charge is 0.347 e.